The summed E-state index contributed by atoms with van der Waals surface area (Å²) in [6.07, 6.45) is 0. The van der Waals surface area contributed by atoms with E-state index in [0.717, 1.165) is 22.1 Å². The molecule has 0 fully saturated rings. The zero-order valence-corrected chi connectivity index (χ0v) is 15.8. The van der Waals surface area contributed by atoms with E-state index in [-0.39, 0.29) is 5.97 Å². The van der Waals surface area contributed by atoms with Crippen LogP contribution in [-0.2, 0) is 11.3 Å². The van der Waals surface area contributed by atoms with Crippen molar-refractivity contribution in [3.8, 4) is 16.9 Å². The number of benzene rings is 3. The summed E-state index contributed by atoms with van der Waals surface area (Å²) in [5.41, 5.74) is 3.21. The van der Waals surface area contributed by atoms with Gasteiger partial charge >= 0.3 is 11.6 Å². The highest BCUT2D eigenvalue weighted by Gasteiger charge is 2.09. The van der Waals surface area contributed by atoms with Crippen molar-refractivity contribution in [1.82, 2.24) is 0 Å². The molecule has 5 heteroatoms. The van der Waals surface area contributed by atoms with E-state index in [9.17, 15) is 9.59 Å². The molecule has 0 radical (unpaired) electrons. The molecule has 29 heavy (non-hydrogen) atoms. The Bertz CT molecular complexity index is 1210. The molecule has 3 aromatic carbocycles. The molecule has 0 aliphatic carbocycles. The second-order valence-corrected chi connectivity index (χ2v) is 6.48. The summed E-state index contributed by atoms with van der Waals surface area (Å²) in [7, 11) is 1.35. The first-order valence-corrected chi connectivity index (χ1v) is 9.07. The van der Waals surface area contributed by atoms with E-state index in [1.54, 1.807) is 30.3 Å². The highest BCUT2D eigenvalue weighted by molar-refractivity contribution is 5.93. The molecule has 5 nitrogen and oxygen atoms in total. The first kappa shape index (κ1) is 18.5. The molecule has 4 rings (SSSR count). The Morgan fingerprint density at radius 3 is 2.41 bits per heavy atom. The van der Waals surface area contributed by atoms with Crippen LogP contribution in [-0.4, -0.2) is 13.1 Å². The summed E-state index contributed by atoms with van der Waals surface area (Å²) in [4.78, 5) is 23.5. The van der Waals surface area contributed by atoms with Crippen LogP contribution in [0.15, 0.2) is 88.1 Å². The largest absolute Gasteiger partial charge is 0.489 e. The van der Waals surface area contributed by atoms with Crippen molar-refractivity contribution in [2.75, 3.05) is 7.11 Å². The monoisotopic (exact) mass is 386 g/mol. The number of carbonyl (C=O) groups excluding carboxylic acids is 1. The molecule has 144 valence electrons. The number of ether oxygens (including phenoxy) is 2. The van der Waals surface area contributed by atoms with Crippen LogP contribution in [0.4, 0.5) is 0 Å². The number of rotatable bonds is 5. The van der Waals surface area contributed by atoms with E-state index in [2.05, 4.69) is 0 Å². The third-order valence-corrected chi connectivity index (χ3v) is 4.58. The van der Waals surface area contributed by atoms with E-state index >= 15 is 0 Å². The average Bonchev–Trinajstić information content (AvgIpc) is 2.77. The van der Waals surface area contributed by atoms with Crippen LogP contribution in [0.2, 0.25) is 0 Å². The van der Waals surface area contributed by atoms with E-state index in [4.69, 9.17) is 13.9 Å². The van der Waals surface area contributed by atoms with Gasteiger partial charge in [0.2, 0.25) is 0 Å². The van der Waals surface area contributed by atoms with Gasteiger partial charge in [0.25, 0.3) is 0 Å². The van der Waals surface area contributed by atoms with Gasteiger partial charge in [0.1, 0.15) is 17.9 Å². The van der Waals surface area contributed by atoms with Crippen LogP contribution in [0, 0.1) is 0 Å². The summed E-state index contributed by atoms with van der Waals surface area (Å²) >= 11 is 0. The minimum absolute atomic E-state index is 0.315. The molecule has 1 heterocycles. The minimum Gasteiger partial charge on any atom is -0.489 e. The summed E-state index contributed by atoms with van der Waals surface area (Å²) in [5.74, 6) is 0.208. The van der Waals surface area contributed by atoms with Crippen LogP contribution in [0.25, 0.3) is 22.1 Å². The Balaban J connectivity index is 1.58. The van der Waals surface area contributed by atoms with E-state index in [0.29, 0.717) is 23.5 Å². The molecule has 1 aromatic heterocycles. The average molecular weight is 386 g/mol. The first-order valence-electron chi connectivity index (χ1n) is 9.07. The number of fused-ring (bicyclic) bond motifs is 1. The summed E-state index contributed by atoms with van der Waals surface area (Å²) in [6, 6.07) is 23.6. The highest BCUT2D eigenvalue weighted by atomic mass is 16.5. The van der Waals surface area contributed by atoms with Crippen LogP contribution < -0.4 is 10.4 Å². The third-order valence-electron chi connectivity index (χ3n) is 4.58. The molecule has 0 aliphatic rings. The van der Waals surface area contributed by atoms with Gasteiger partial charge in [-0.3, -0.25) is 0 Å². The Morgan fingerprint density at radius 2 is 1.69 bits per heavy atom. The van der Waals surface area contributed by atoms with Gasteiger partial charge in [-0.05, 0) is 41.0 Å². The lowest BCUT2D eigenvalue weighted by Gasteiger charge is -2.09. The predicted molar refractivity (Wildman–Crippen MR) is 110 cm³/mol. The van der Waals surface area contributed by atoms with Crippen molar-refractivity contribution >= 4 is 16.9 Å². The fourth-order valence-corrected chi connectivity index (χ4v) is 3.11. The fraction of sp³-hybridized carbons (Fsp3) is 0.0833. The maximum Gasteiger partial charge on any atom is 0.337 e. The van der Waals surface area contributed by atoms with Gasteiger partial charge in [0.15, 0.2) is 0 Å². The molecule has 0 saturated carbocycles. The van der Waals surface area contributed by atoms with Crippen LogP contribution in [0.3, 0.4) is 0 Å². The topological polar surface area (TPSA) is 65.7 Å². The normalized spacial score (nSPS) is 10.7. The van der Waals surface area contributed by atoms with Crippen molar-refractivity contribution in [3.05, 3.63) is 100 Å². The van der Waals surface area contributed by atoms with E-state index in [1.165, 1.54) is 13.2 Å². The maximum absolute atomic E-state index is 12.0. The first-order chi connectivity index (χ1) is 14.1. The number of esters is 1. The van der Waals surface area contributed by atoms with Gasteiger partial charge in [0, 0.05) is 17.5 Å². The van der Waals surface area contributed by atoms with Crippen molar-refractivity contribution in [2.45, 2.75) is 6.61 Å². The quantitative estimate of drug-likeness (QED) is 0.363. The Kier molecular flexibility index (Phi) is 5.12. The van der Waals surface area contributed by atoms with Crippen molar-refractivity contribution < 1.29 is 18.7 Å². The molecule has 0 aliphatic heterocycles. The second-order valence-electron chi connectivity index (χ2n) is 6.48. The number of hydrogen-bond acceptors (Lipinski definition) is 5. The van der Waals surface area contributed by atoms with Crippen LogP contribution >= 0.6 is 0 Å². The molecule has 0 unspecified atom stereocenters. The lowest BCUT2D eigenvalue weighted by Crippen LogP contribution is -2.02. The zero-order chi connectivity index (χ0) is 20.2. The van der Waals surface area contributed by atoms with Crippen molar-refractivity contribution in [2.24, 2.45) is 0 Å². The molecular formula is C24H18O5. The van der Waals surface area contributed by atoms with Gasteiger partial charge in [-0.1, -0.05) is 42.5 Å². The van der Waals surface area contributed by atoms with Gasteiger partial charge in [-0.2, -0.15) is 0 Å². The number of carbonyl (C=O) groups is 1. The minimum atomic E-state index is -0.410. The molecule has 0 atom stereocenters. The molecule has 0 saturated heterocycles. The van der Waals surface area contributed by atoms with E-state index in [1.807, 2.05) is 42.5 Å². The van der Waals surface area contributed by atoms with Crippen molar-refractivity contribution in [1.29, 1.82) is 0 Å². The lowest BCUT2D eigenvalue weighted by molar-refractivity contribution is 0.0600. The molecular weight excluding hydrogens is 368 g/mol. The summed E-state index contributed by atoms with van der Waals surface area (Å²) in [5, 5.41) is 0.839. The zero-order valence-electron chi connectivity index (χ0n) is 15.8. The molecule has 4 aromatic rings. The van der Waals surface area contributed by atoms with Gasteiger partial charge < -0.3 is 13.9 Å². The van der Waals surface area contributed by atoms with Crippen molar-refractivity contribution in [3.63, 3.8) is 0 Å². The highest BCUT2D eigenvalue weighted by Crippen LogP contribution is 2.29. The Hall–Kier alpha value is -3.86. The summed E-state index contributed by atoms with van der Waals surface area (Å²) in [6.45, 7) is 0.315. The molecule has 0 amide bonds. The SMILES string of the molecule is COC(=O)c1ccc(COc2ccc3c(-c4ccccc4)cc(=O)oc3c2)cc1. The smallest absolute Gasteiger partial charge is 0.337 e. The molecule has 0 spiro atoms. The predicted octanol–water partition coefficient (Wildman–Crippen LogP) is 4.83. The van der Waals surface area contributed by atoms with Gasteiger partial charge in [-0.15, -0.1) is 0 Å². The number of methoxy groups -OCH3 is 1. The fourth-order valence-electron chi connectivity index (χ4n) is 3.11. The van der Waals surface area contributed by atoms with Gasteiger partial charge in [0.05, 0.1) is 12.7 Å². The molecule has 0 N–H and O–H groups in total. The second kappa shape index (κ2) is 8.02. The van der Waals surface area contributed by atoms with E-state index < -0.39 is 5.63 Å². The maximum atomic E-state index is 12.0. The standard InChI is InChI=1S/C24H18O5/c1-27-24(26)18-9-7-16(8-10-18)15-28-19-11-12-20-21(17-5-3-2-4-6-17)14-23(25)29-22(20)13-19/h2-14H,15H2,1H3. The summed E-state index contributed by atoms with van der Waals surface area (Å²) < 4.78 is 15.9. The lowest BCUT2D eigenvalue weighted by atomic mass is 10.0. The number of hydrogen-bond donors (Lipinski definition) is 0. The Labute approximate surface area is 167 Å². The molecule has 0 bridgehead atoms. The Morgan fingerprint density at radius 1 is 0.931 bits per heavy atom. The van der Waals surface area contributed by atoms with Crippen LogP contribution in [0.1, 0.15) is 15.9 Å². The van der Waals surface area contributed by atoms with Crippen LogP contribution in [0.5, 0.6) is 5.75 Å². The third kappa shape index (κ3) is 4.04. The van der Waals surface area contributed by atoms with Gasteiger partial charge in [-0.25, -0.2) is 9.59 Å².